The van der Waals surface area contributed by atoms with Crippen molar-refractivity contribution in [1.82, 2.24) is 0 Å². The molecule has 0 bridgehead atoms. The van der Waals surface area contributed by atoms with Crippen molar-refractivity contribution in [3.8, 4) is 0 Å². The average molecular weight is 219 g/mol. The number of nitrogens with two attached hydrogens (primary N) is 1. The molecular formula is C13H17NO2. The Labute approximate surface area is 95.6 Å². The van der Waals surface area contributed by atoms with E-state index in [0.29, 0.717) is 5.56 Å². The molecule has 1 saturated carbocycles. The van der Waals surface area contributed by atoms with Crippen LogP contribution in [0.3, 0.4) is 0 Å². The first kappa shape index (κ1) is 11.1. The molecule has 1 aromatic carbocycles. The number of carbonyl (C=O) groups is 1. The molecular weight excluding hydrogens is 202 g/mol. The van der Waals surface area contributed by atoms with Gasteiger partial charge in [0.1, 0.15) is 0 Å². The molecule has 0 spiro atoms. The summed E-state index contributed by atoms with van der Waals surface area (Å²) in [5.41, 5.74) is 7.62. The maximum atomic E-state index is 11.6. The summed E-state index contributed by atoms with van der Waals surface area (Å²) in [6.07, 6.45) is 3.51. The molecule has 0 amide bonds. The van der Waals surface area contributed by atoms with Gasteiger partial charge in [-0.1, -0.05) is 31.0 Å². The molecule has 1 aliphatic rings. The minimum atomic E-state index is -0.304. The third-order valence-electron chi connectivity index (χ3n) is 3.05. The quantitative estimate of drug-likeness (QED) is 0.790. The van der Waals surface area contributed by atoms with Crippen LogP contribution in [0.2, 0.25) is 0 Å². The highest BCUT2D eigenvalue weighted by atomic mass is 16.5. The summed E-state index contributed by atoms with van der Waals surface area (Å²) >= 11 is 0. The molecule has 0 heterocycles. The molecule has 0 saturated heterocycles. The zero-order valence-electron chi connectivity index (χ0n) is 9.48. The summed E-state index contributed by atoms with van der Waals surface area (Å²) in [6, 6.07) is 7.38. The highest BCUT2D eigenvalue weighted by Gasteiger charge is 2.26. The lowest BCUT2D eigenvalue weighted by atomic mass is 9.97. The molecule has 0 aromatic heterocycles. The van der Waals surface area contributed by atoms with Gasteiger partial charge in [0.25, 0.3) is 0 Å². The lowest BCUT2D eigenvalue weighted by molar-refractivity contribution is 0.0598. The normalized spacial score (nSPS) is 16.9. The molecule has 0 unspecified atom stereocenters. The van der Waals surface area contributed by atoms with Crippen LogP contribution in [0.1, 0.15) is 41.2 Å². The van der Waals surface area contributed by atoms with Crippen LogP contribution in [0.4, 0.5) is 0 Å². The first-order chi connectivity index (χ1) is 7.72. The summed E-state index contributed by atoms with van der Waals surface area (Å²) in [5, 5.41) is 0. The van der Waals surface area contributed by atoms with Crippen molar-refractivity contribution in [2.75, 3.05) is 7.11 Å². The SMILES string of the molecule is COC(=O)c1ccccc1[C@H](N)CC1CC1. The number of carbonyl (C=O) groups excluding carboxylic acids is 1. The molecule has 1 aliphatic carbocycles. The van der Waals surface area contributed by atoms with Crippen LogP contribution < -0.4 is 5.73 Å². The van der Waals surface area contributed by atoms with E-state index in [1.54, 1.807) is 6.07 Å². The Morgan fingerprint density at radius 1 is 1.50 bits per heavy atom. The number of ether oxygens (including phenoxy) is 1. The van der Waals surface area contributed by atoms with Gasteiger partial charge in [-0.15, -0.1) is 0 Å². The molecule has 0 radical (unpaired) electrons. The second-order valence-corrected chi connectivity index (χ2v) is 4.36. The van der Waals surface area contributed by atoms with E-state index in [4.69, 9.17) is 10.5 Å². The summed E-state index contributed by atoms with van der Waals surface area (Å²) in [5.74, 6) is 0.447. The monoisotopic (exact) mass is 219 g/mol. The number of rotatable bonds is 4. The lowest BCUT2D eigenvalue weighted by Gasteiger charge is -2.14. The highest BCUT2D eigenvalue weighted by molar-refractivity contribution is 5.91. The predicted octanol–water partition coefficient (Wildman–Crippen LogP) is 2.27. The van der Waals surface area contributed by atoms with E-state index in [9.17, 15) is 4.79 Å². The van der Waals surface area contributed by atoms with Gasteiger partial charge in [-0.25, -0.2) is 4.79 Å². The summed E-state index contributed by atoms with van der Waals surface area (Å²) in [7, 11) is 1.39. The smallest absolute Gasteiger partial charge is 0.338 e. The van der Waals surface area contributed by atoms with Crippen molar-refractivity contribution in [3.63, 3.8) is 0 Å². The van der Waals surface area contributed by atoms with Crippen LogP contribution in [0.25, 0.3) is 0 Å². The molecule has 2 rings (SSSR count). The summed E-state index contributed by atoms with van der Waals surface area (Å²) < 4.78 is 4.75. The third kappa shape index (κ3) is 2.42. The minimum Gasteiger partial charge on any atom is -0.465 e. The number of hydrogen-bond donors (Lipinski definition) is 1. The average Bonchev–Trinajstić information content (AvgIpc) is 3.12. The first-order valence-electron chi connectivity index (χ1n) is 5.65. The van der Waals surface area contributed by atoms with Crippen LogP contribution >= 0.6 is 0 Å². The largest absolute Gasteiger partial charge is 0.465 e. The molecule has 1 fully saturated rings. The molecule has 86 valence electrons. The van der Waals surface area contributed by atoms with Crippen LogP contribution in [-0.2, 0) is 4.74 Å². The Hall–Kier alpha value is -1.35. The van der Waals surface area contributed by atoms with Gasteiger partial charge in [-0.05, 0) is 24.0 Å². The number of benzene rings is 1. The van der Waals surface area contributed by atoms with Crippen molar-refractivity contribution in [2.45, 2.75) is 25.3 Å². The van der Waals surface area contributed by atoms with E-state index < -0.39 is 0 Å². The van der Waals surface area contributed by atoms with Crippen molar-refractivity contribution < 1.29 is 9.53 Å². The number of methoxy groups -OCH3 is 1. The number of hydrogen-bond acceptors (Lipinski definition) is 3. The Morgan fingerprint density at radius 2 is 2.19 bits per heavy atom. The van der Waals surface area contributed by atoms with E-state index in [0.717, 1.165) is 17.9 Å². The standard InChI is InChI=1S/C13H17NO2/c1-16-13(15)11-5-3-2-4-10(11)12(14)8-9-6-7-9/h2-5,9,12H,6-8,14H2,1H3/t12-/m1/s1. The Kier molecular flexibility index (Phi) is 3.25. The van der Waals surface area contributed by atoms with E-state index in [1.165, 1.54) is 20.0 Å². The Balaban J connectivity index is 2.20. The van der Waals surface area contributed by atoms with E-state index in [2.05, 4.69) is 0 Å². The zero-order valence-corrected chi connectivity index (χ0v) is 9.48. The Morgan fingerprint density at radius 3 is 2.81 bits per heavy atom. The molecule has 3 nitrogen and oxygen atoms in total. The fraction of sp³-hybridized carbons (Fsp3) is 0.462. The maximum absolute atomic E-state index is 11.6. The second-order valence-electron chi connectivity index (χ2n) is 4.36. The van der Waals surface area contributed by atoms with E-state index in [1.807, 2.05) is 18.2 Å². The molecule has 1 aromatic rings. The first-order valence-corrected chi connectivity index (χ1v) is 5.65. The Bertz CT molecular complexity index is 385. The molecule has 1 atom stereocenters. The van der Waals surface area contributed by atoms with Gasteiger partial charge in [0, 0.05) is 6.04 Å². The molecule has 3 heteroatoms. The van der Waals surface area contributed by atoms with Gasteiger partial charge in [-0.3, -0.25) is 0 Å². The van der Waals surface area contributed by atoms with Crippen LogP contribution in [0.15, 0.2) is 24.3 Å². The van der Waals surface area contributed by atoms with Crippen molar-refractivity contribution in [2.24, 2.45) is 11.7 Å². The second kappa shape index (κ2) is 4.66. The maximum Gasteiger partial charge on any atom is 0.338 e. The fourth-order valence-electron chi connectivity index (χ4n) is 1.96. The van der Waals surface area contributed by atoms with Crippen molar-refractivity contribution in [1.29, 1.82) is 0 Å². The summed E-state index contributed by atoms with van der Waals surface area (Å²) in [4.78, 5) is 11.6. The zero-order chi connectivity index (χ0) is 11.5. The lowest BCUT2D eigenvalue weighted by Crippen LogP contribution is -2.16. The van der Waals surface area contributed by atoms with Crippen LogP contribution in [-0.4, -0.2) is 13.1 Å². The van der Waals surface area contributed by atoms with E-state index in [-0.39, 0.29) is 12.0 Å². The highest BCUT2D eigenvalue weighted by Crippen LogP contribution is 2.37. The van der Waals surface area contributed by atoms with Crippen molar-refractivity contribution >= 4 is 5.97 Å². The van der Waals surface area contributed by atoms with Gasteiger partial charge in [-0.2, -0.15) is 0 Å². The number of esters is 1. The van der Waals surface area contributed by atoms with Crippen LogP contribution in [0, 0.1) is 5.92 Å². The summed E-state index contributed by atoms with van der Waals surface area (Å²) in [6.45, 7) is 0. The predicted molar refractivity (Wildman–Crippen MR) is 62.1 cm³/mol. The van der Waals surface area contributed by atoms with Gasteiger partial charge in [0.2, 0.25) is 0 Å². The van der Waals surface area contributed by atoms with E-state index >= 15 is 0 Å². The van der Waals surface area contributed by atoms with Gasteiger partial charge in [0.05, 0.1) is 12.7 Å². The third-order valence-corrected chi connectivity index (χ3v) is 3.05. The minimum absolute atomic E-state index is 0.0530. The fourth-order valence-corrected chi connectivity index (χ4v) is 1.96. The van der Waals surface area contributed by atoms with Gasteiger partial charge in [0.15, 0.2) is 0 Å². The van der Waals surface area contributed by atoms with Crippen LogP contribution in [0.5, 0.6) is 0 Å². The molecule has 2 N–H and O–H groups in total. The molecule has 0 aliphatic heterocycles. The topological polar surface area (TPSA) is 52.3 Å². The van der Waals surface area contributed by atoms with Gasteiger partial charge >= 0.3 is 5.97 Å². The molecule has 16 heavy (non-hydrogen) atoms. The van der Waals surface area contributed by atoms with Gasteiger partial charge < -0.3 is 10.5 Å². The van der Waals surface area contributed by atoms with Crippen molar-refractivity contribution in [3.05, 3.63) is 35.4 Å².